The quantitative estimate of drug-likeness (QED) is 0.746. The summed E-state index contributed by atoms with van der Waals surface area (Å²) in [6.45, 7) is 2.82. The smallest absolute Gasteiger partial charge is 0.124 e. The number of fused-ring (bicyclic) bond motifs is 1. The molecule has 20 heavy (non-hydrogen) atoms. The molecule has 0 aliphatic rings. The molecule has 0 unspecified atom stereocenters. The van der Waals surface area contributed by atoms with Gasteiger partial charge in [0, 0.05) is 34.9 Å². The van der Waals surface area contributed by atoms with Gasteiger partial charge in [-0.1, -0.05) is 12.1 Å². The predicted octanol–water partition coefficient (Wildman–Crippen LogP) is 4.10. The summed E-state index contributed by atoms with van der Waals surface area (Å²) in [4.78, 5) is 3.20. The monoisotopic (exact) mass is 266 g/mol. The van der Waals surface area contributed by atoms with Gasteiger partial charge in [0.15, 0.2) is 0 Å². The van der Waals surface area contributed by atoms with E-state index in [0.717, 1.165) is 29.1 Å². The van der Waals surface area contributed by atoms with Crippen molar-refractivity contribution in [3.8, 4) is 5.75 Å². The van der Waals surface area contributed by atoms with Crippen molar-refractivity contribution in [2.24, 2.45) is 0 Å². The zero-order chi connectivity index (χ0) is 13.9. The van der Waals surface area contributed by atoms with Gasteiger partial charge in [-0.3, -0.25) is 0 Å². The number of hydrogen-bond donors (Lipinski definition) is 2. The van der Waals surface area contributed by atoms with Gasteiger partial charge in [-0.05, 0) is 42.8 Å². The Kier molecular flexibility index (Phi) is 3.33. The topological polar surface area (TPSA) is 37.0 Å². The van der Waals surface area contributed by atoms with E-state index in [4.69, 9.17) is 4.74 Å². The van der Waals surface area contributed by atoms with E-state index in [0.29, 0.717) is 0 Å². The Morgan fingerprint density at radius 3 is 2.85 bits per heavy atom. The second kappa shape index (κ2) is 5.29. The third-order valence-corrected chi connectivity index (χ3v) is 3.48. The van der Waals surface area contributed by atoms with Crippen LogP contribution < -0.4 is 10.1 Å². The fourth-order valence-electron chi connectivity index (χ4n) is 2.36. The number of anilines is 1. The summed E-state index contributed by atoms with van der Waals surface area (Å²) in [5, 5.41) is 4.66. The number of aromatic amines is 1. The van der Waals surface area contributed by atoms with E-state index in [1.54, 1.807) is 7.11 Å². The number of hydrogen-bond acceptors (Lipinski definition) is 2. The lowest BCUT2D eigenvalue weighted by Crippen LogP contribution is -2.01. The van der Waals surface area contributed by atoms with Crippen molar-refractivity contribution in [2.75, 3.05) is 12.4 Å². The average molecular weight is 266 g/mol. The summed E-state index contributed by atoms with van der Waals surface area (Å²) < 4.78 is 5.43. The van der Waals surface area contributed by atoms with Gasteiger partial charge < -0.3 is 15.0 Å². The molecule has 0 aliphatic heterocycles. The maximum absolute atomic E-state index is 5.43. The zero-order valence-corrected chi connectivity index (χ0v) is 11.7. The summed E-state index contributed by atoms with van der Waals surface area (Å²) in [6.07, 6.45) is 1.96. The molecule has 1 heterocycles. The lowest BCUT2D eigenvalue weighted by atomic mass is 10.1. The van der Waals surface area contributed by atoms with Crippen molar-refractivity contribution in [3.05, 3.63) is 59.8 Å². The molecular formula is C17H18N2O. The molecule has 0 saturated heterocycles. The fraction of sp³-hybridized carbons (Fsp3) is 0.176. The van der Waals surface area contributed by atoms with Crippen LogP contribution in [-0.4, -0.2) is 12.1 Å². The minimum absolute atomic E-state index is 0.749. The van der Waals surface area contributed by atoms with E-state index >= 15 is 0 Å². The van der Waals surface area contributed by atoms with E-state index in [1.165, 1.54) is 10.9 Å². The molecule has 102 valence electrons. The highest BCUT2D eigenvalue weighted by atomic mass is 16.5. The molecule has 3 heteroatoms. The molecule has 0 radical (unpaired) electrons. The SMILES string of the molecule is COc1cc(C)ccc1CNc1ccc2[nH]ccc2c1. The van der Waals surface area contributed by atoms with Gasteiger partial charge in [0.2, 0.25) is 0 Å². The Balaban J connectivity index is 1.78. The number of benzene rings is 2. The molecule has 0 aliphatic carbocycles. The van der Waals surface area contributed by atoms with Crippen LogP contribution in [0.2, 0.25) is 0 Å². The minimum Gasteiger partial charge on any atom is -0.496 e. The van der Waals surface area contributed by atoms with Crippen LogP contribution in [0, 0.1) is 6.92 Å². The van der Waals surface area contributed by atoms with Gasteiger partial charge >= 0.3 is 0 Å². The van der Waals surface area contributed by atoms with Crippen LogP contribution >= 0.6 is 0 Å². The highest BCUT2D eigenvalue weighted by Crippen LogP contribution is 2.22. The Hall–Kier alpha value is -2.42. The molecule has 0 fully saturated rings. The highest BCUT2D eigenvalue weighted by Gasteiger charge is 2.03. The largest absolute Gasteiger partial charge is 0.496 e. The summed E-state index contributed by atoms with van der Waals surface area (Å²) in [6, 6.07) is 14.7. The normalized spacial score (nSPS) is 10.7. The number of H-pyrrole nitrogens is 1. The second-order valence-electron chi connectivity index (χ2n) is 4.95. The van der Waals surface area contributed by atoms with Gasteiger partial charge in [0.1, 0.15) is 5.75 Å². The van der Waals surface area contributed by atoms with E-state index in [9.17, 15) is 0 Å². The fourth-order valence-corrected chi connectivity index (χ4v) is 2.36. The van der Waals surface area contributed by atoms with E-state index in [1.807, 2.05) is 6.20 Å². The van der Waals surface area contributed by atoms with Gasteiger partial charge in [0.25, 0.3) is 0 Å². The highest BCUT2D eigenvalue weighted by molar-refractivity contribution is 5.82. The number of nitrogens with one attached hydrogen (secondary N) is 2. The van der Waals surface area contributed by atoms with Crippen molar-refractivity contribution in [1.29, 1.82) is 0 Å². The van der Waals surface area contributed by atoms with Crippen LogP contribution in [0.15, 0.2) is 48.7 Å². The Morgan fingerprint density at radius 1 is 1.10 bits per heavy atom. The lowest BCUT2D eigenvalue weighted by molar-refractivity contribution is 0.410. The van der Waals surface area contributed by atoms with Gasteiger partial charge in [0.05, 0.1) is 7.11 Å². The lowest BCUT2D eigenvalue weighted by Gasteiger charge is -2.11. The summed E-state index contributed by atoms with van der Waals surface area (Å²) in [7, 11) is 1.71. The van der Waals surface area contributed by atoms with Crippen LogP contribution in [0.1, 0.15) is 11.1 Å². The van der Waals surface area contributed by atoms with Crippen LogP contribution in [0.4, 0.5) is 5.69 Å². The summed E-state index contributed by atoms with van der Waals surface area (Å²) >= 11 is 0. The Labute approximate surface area is 118 Å². The van der Waals surface area contributed by atoms with E-state index in [2.05, 4.69) is 59.7 Å². The molecule has 1 aromatic heterocycles. The average Bonchev–Trinajstić information content (AvgIpc) is 2.93. The number of rotatable bonds is 4. The van der Waals surface area contributed by atoms with E-state index in [-0.39, 0.29) is 0 Å². The molecule has 0 saturated carbocycles. The van der Waals surface area contributed by atoms with Gasteiger partial charge in [-0.25, -0.2) is 0 Å². The summed E-state index contributed by atoms with van der Waals surface area (Å²) in [5.41, 5.74) is 4.63. The molecule has 0 bridgehead atoms. The molecule has 3 rings (SSSR count). The van der Waals surface area contributed by atoms with Gasteiger partial charge in [-0.2, -0.15) is 0 Å². The Bertz CT molecular complexity index is 731. The number of ether oxygens (including phenoxy) is 1. The van der Waals surface area contributed by atoms with Crippen molar-refractivity contribution in [2.45, 2.75) is 13.5 Å². The first kappa shape index (κ1) is 12.6. The van der Waals surface area contributed by atoms with Crippen molar-refractivity contribution in [3.63, 3.8) is 0 Å². The maximum Gasteiger partial charge on any atom is 0.124 e. The third-order valence-electron chi connectivity index (χ3n) is 3.48. The van der Waals surface area contributed by atoms with Crippen LogP contribution in [0.25, 0.3) is 10.9 Å². The number of aromatic nitrogens is 1. The zero-order valence-electron chi connectivity index (χ0n) is 11.7. The maximum atomic E-state index is 5.43. The second-order valence-corrected chi connectivity index (χ2v) is 4.95. The van der Waals surface area contributed by atoms with Gasteiger partial charge in [-0.15, -0.1) is 0 Å². The molecular weight excluding hydrogens is 248 g/mol. The molecule has 0 amide bonds. The molecule has 3 aromatic rings. The predicted molar refractivity (Wildman–Crippen MR) is 83.4 cm³/mol. The standard InChI is InChI=1S/C17H18N2O/c1-12-3-4-14(17(9-12)20-2)11-19-15-5-6-16-13(10-15)7-8-18-16/h3-10,18-19H,11H2,1-2H3. The van der Waals surface area contributed by atoms with Crippen molar-refractivity contribution < 1.29 is 4.74 Å². The number of methoxy groups -OCH3 is 1. The van der Waals surface area contributed by atoms with Crippen molar-refractivity contribution in [1.82, 2.24) is 4.98 Å². The molecule has 3 nitrogen and oxygen atoms in total. The molecule has 0 atom stereocenters. The number of aryl methyl sites for hydroxylation is 1. The first-order valence-electron chi connectivity index (χ1n) is 6.71. The first-order chi connectivity index (χ1) is 9.76. The molecule has 2 N–H and O–H groups in total. The van der Waals surface area contributed by atoms with Crippen LogP contribution in [0.5, 0.6) is 5.75 Å². The minimum atomic E-state index is 0.749. The first-order valence-corrected chi connectivity index (χ1v) is 6.71. The van der Waals surface area contributed by atoms with E-state index < -0.39 is 0 Å². The molecule has 0 spiro atoms. The Morgan fingerprint density at radius 2 is 2.00 bits per heavy atom. The molecule has 2 aromatic carbocycles. The van der Waals surface area contributed by atoms with Crippen molar-refractivity contribution >= 4 is 16.6 Å². The third kappa shape index (κ3) is 2.48. The van der Waals surface area contributed by atoms with Crippen LogP contribution in [0.3, 0.4) is 0 Å². The van der Waals surface area contributed by atoms with Crippen LogP contribution in [-0.2, 0) is 6.54 Å². The summed E-state index contributed by atoms with van der Waals surface area (Å²) in [5.74, 6) is 0.931.